The summed E-state index contributed by atoms with van der Waals surface area (Å²) in [6, 6.07) is 0. The monoisotopic (exact) mass is 168 g/mol. The van der Waals surface area contributed by atoms with Crippen molar-refractivity contribution in [3.05, 3.63) is 0 Å². The smallest absolute Gasteiger partial charge is 0.102 e. The molecule has 0 bridgehead atoms. The third kappa shape index (κ3) is 3.35. The molecule has 0 nitrogen and oxygen atoms in total. The van der Waals surface area contributed by atoms with Crippen molar-refractivity contribution in [2.24, 2.45) is 0 Å². The minimum Gasteiger partial charge on any atom is -0.102 e. The Balaban J connectivity index is 0. The summed E-state index contributed by atoms with van der Waals surface area (Å²) in [6.45, 7) is 0. The van der Waals surface area contributed by atoms with Gasteiger partial charge >= 0.3 is 0 Å². The topological polar surface area (TPSA) is 0 Å². The third-order valence-electron chi connectivity index (χ3n) is 0.190. The molecule has 6 heavy (non-hydrogen) atoms. The predicted molar refractivity (Wildman–Crippen MR) is 32.1 cm³/mol. The number of hydrogen-bond acceptors (Lipinski definition) is 0. The van der Waals surface area contributed by atoms with Crippen LogP contribution in [-0.2, 0) is 0 Å². The van der Waals surface area contributed by atoms with E-state index in [1.807, 2.05) is 0 Å². The molecule has 0 saturated heterocycles. The van der Waals surface area contributed by atoms with E-state index < -0.39 is 9.67 Å². The second-order valence-corrected chi connectivity index (χ2v) is 3.00. The van der Waals surface area contributed by atoms with Gasteiger partial charge in [0.25, 0.3) is 0 Å². The van der Waals surface area contributed by atoms with E-state index in [0.29, 0.717) is 0 Å². The number of hydrogen-bond donors (Lipinski definition) is 0. The van der Waals surface area contributed by atoms with Gasteiger partial charge in [-0.1, -0.05) is 0 Å². The maximum Gasteiger partial charge on any atom is 0.137 e. The lowest BCUT2D eigenvalue weighted by Crippen LogP contribution is -1.96. The molecule has 0 aromatic heterocycles. The molecule has 0 aliphatic rings. The van der Waals surface area contributed by atoms with Crippen molar-refractivity contribution in [3.63, 3.8) is 0 Å². The Hall–Kier alpha value is 1.16. The van der Waals surface area contributed by atoms with Crippen LogP contribution in [0.25, 0.3) is 0 Å². The van der Waals surface area contributed by atoms with E-state index in [1.54, 1.807) is 0 Å². The van der Waals surface area contributed by atoms with Gasteiger partial charge in [-0.15, -0.1) is 46.4 Å². The molecule has 0 N–H and O–H groups in total. The SMILES string of the molecule is ClC(Cl)C(Cl)Cl.[2H]. The molecular weight excluding hydrogens is 166 g/mol. The van der Waals surface area contributed by atoms with E-state index in [0.717, 1.165) is 0 Å². The van der Waals surface area contributed by atoms with Gasteiger partial charge < -0.3 is 0 Å². The van der Waals surface area contributed by atoms with Crippen molar-refractivity contribution in [1.82, 2.24) is 0 Å². The summed E-state index contributed by atoms with van der Waals surface area (Å²) < 4.78 is 0. The summed E-state index contributed by atoms with van der Waals surface area (Å²) in [4.78, 5) is -1.35. The van der Waals surface area contributed by atoms with E-state index in [9.17, 15) is 0 Å². The Morgan fingerprint density at radius 2 is 1.00 bits per heavy atom. The molecule has 0 aromatic rings. The molecule has 0 saturated carbocycles. The maximum atomic E-state index is 5.11. The fourth-order valence-electron chi connectivity index (χ4n) is 0. The molecule has 0 fully saturated rings. The first-order valence-electron chi connectivity index (χ1n) is 1.21. The molecule has 0 unspecified atom stereocenters. The van der Waals surface area contributed by atoms with Gasteiger partial charge in [-0.25, -0.2) is 0 Å². The zero-order chi connectivity index (χ0) is 5.15. The summed E-state index contributed by atoms with van der Waals surface area (Å²) in [5.74, 6) is 0. The number of alkyl halides is 4. The molecule has 0 spiro atoms. The lowest BCUT2D eigenvalue weighted by molar-refractivity contribution is 1.29. The van der Waals surface area contributed by atoms with E-state index in [-0.39, 0.29) is 1.43 Å². The van der Waals surface area contributed by atoms with Crippen LogP contribution in [0.1, 0.15) is 1.43 Å². The molecule has 0 aliphatic heterocycles. The predicted octanol–water partition coefficient (Wildman–Crippen LogP) is 2.71. The van der Waals surface area contributed by atoms with Crippen LogP contribution in [0.2, 0.25) is 0 Å². The first kappa shape index (κ1) is 7.16. The van der Waals surface area contributed by atoms with Gasteiger partial charge in [0.2, 0.25) is 0 Å². The fourth-order valence-corrected chi connectivity index (χ4v) is 0. The van der Waals surface area contributed by atoms with Crippen LogP contribution in [0.4, 0.5) is 0 Å². The van der Waals surface area contributed by atoms with Crippen LogP contribution in [0.15, 0.2) is 0 Å². The van der Waals surface area contributed by atoms with Crippen LogP contribution in [0.3, 0.4) is 0 Å². The summed E-state index contributed by atoms with van der Waals surface area (Å²) in [5, 5.41) is 0. The van der Waals surface area contributed by atoms with Gasteiger partial charge in [0, 0.05) is 1.43 Å². The second-order valence-electron chi connectivity index (χ2n) is 0.669. The molecule has 4 heteroatoms. The molecule has 0 rings (SSSR count). The summed E-state index contributed by atoms with van der Waals surface area (Å²) in [5.41, 5.74) is 0. The van der Waals surface area contributed by atoms with Crippen LogP contribution in [0, 0.1) is 0 Å². The zero-order valence-corrected chi connectivity index (χ0v) is 5.69. The Morgan fingerprint density at radius 1 is 0.833 bits per heavy atom. The van der Waals surface area contributed by atoms with Gasteiger partial charge in [-0.3, -0.25) is 0 Å². The Kier molecular flexibility index (Phi) is 3.82. The molecule has 39 valence electrons. The lowest BCUT2D eigenvalue weighted by atomic mass is 10.9. The van der Waals surface area contributed by atoms with Gasteiger partial charge in [-0.05, 0) is 0 Å². The summed E-state index contributed by atoms with van der Waals surface area (Å²) in [7, 11) is 0. The average Bonchev–Trinajstić information content (AvgIpc) is 1.36. The second kappa shape index (κ2) is 3.20. The highest BCUT2D eigenvalue weighted by atomic mass is 35.5. The van der Waals surface area contributed by atoms with Crippen molar-refractivity contribution >= 4 is 46.4 Å². The molecule has 0 heterocycles. The van der Waals surface area contributed by atoms with Gasteiger partial charge in [0.1, 0.15) is 9.67 Å². The minimum absolute atomic E-state index is 0. The first-order chi connectivity index (χ1) is 2.64. The molecule has 0 aromatic carbocycles. The highest BCUT2D eigenvalue weighted by Crippen LogP contribution is 2.16. The highest BCUT2D eigenvalue weighted by molar-refractivity contribution is 6.56. The Morgan fingerprint density at radius 3 is 1.00 bits per heavy atom. The quantitative estimate of drug-likeness (QED) is 0.530. The normalized spacial score (nSPS) is 11.0. The van der Waals surface area contributed by atoms with Crippen molar-refractivity contribution in [2.75, 3.05) is 0 Å². The molecule has 0 atom stereocenters. The fraction of sp³-hybridized carbons (Fsp3) is 1.00. The van der Waals surface area contributed by atoms with Crippen molar-refractivity contribution in [3.8, 4) is 0 Å². The summed E-state index contributed by atoms with van der Waals surface area (Å²) >= 11 is 20.5. The van der Waals surface area contributed by atoms with Crippen molar-refractivity contribution in [2.45, 2.75) is 9.67 Å². The third-order valence-corrected chi connectivity index (χ3v) is 1.71. The lowest BCUT2D eigenvalue weighted by Gasteiger charge is -1.95. The van der Waals surface area contributed by atoms with Crippen molar-refractivity contribution < 1.29 is 1.43 Å². The van der Waals surface area contributed by atoms with E-state index in [1.165, 1.54) is 0 Å². The van der Waals surface area contributed by atoms with Gasteiger partial charge in [0.15, 0.2) is 0 Å². The van der Waals surface area contributed by atoms with E-state index >= 15 is 0 Å². The molecule has 0 amide bonds. The largest absolute Gasteiger partial charge is 0.137 e. The van der Waals surface area contributed by atoms with Crippen LogP contribution in [0.5, 0.6) is 0 Å². The van der Waals surface area contributed by atoms with E-state index in [4.69, 9.17) is 46.4 Å². The minimum atomic E-state index is -0.673. The number of rotatable bonds is 1. The van der Waals surface area contributed by atoms with E-state index in [2.05, 4.69) is 0 Å². The zero-order valence-electron chi connectivity index (χ0n) is 3.67. The Bertz CT molecular complexity index is 30.7. The van der Waals surface area contributed by atoms with Crippen LogP contribution in [-0.4, -0.2) is 9.67 Å². The van der Waals surface area contributed by atoms with Crippen molar-refractivity contribution in [1.29, 1.82) is 0 Å². The van der Waals surface area contributed by atoms with Crippen LogP contribution >= 0.6 is 46.4 Å². The molecular formula is C2H3Cl4. The molecule has 0 aliphatic carbocycles. The molecule has 1 radical (unpaired) electrons. The Labute approximate surface area is 57.8 Å². The van der Waals surface area contributed by atoms with Crippen LogP contribution < -0.4 is 0 Å². The van der Waals surface area contributed by atoms with Gasteiger partial charge in [0.05, 0.1) is 0 Å². The first-order valence-corrected chi connectivity index (χ1v) is 2.95. The standard InChI is InChI=1S/C2H2Cl4.H/c3-1(4)2(5)6;/h1-2H;/i;1+1. The number of halogens is 4. The average molecular weight is 170 g/mol. The van der Waals surface area contributed by atoms with Gasteiger partial charge in [-0.2, -0.15) is 0 Å². The summed E-state index contributed by atoms with van der Waals surface area (Å²) in [6.07, 6.45) is 0. The highest BCUT2D eigenvalue weighted by Gasteiger charge is 2.06. The maximum absolute atomic E-state index is 5.11.